The summed E-state index contributed by atoms with van der Waals surface area (Å²) in [4.78, 5) is 39.5. The van der Waals surface area contributed by atoms with Gasteiger partial charge < -0.3 is 15.0 Å². The van der Waals surface area contributed by atoms with Crippen molar-refractivity contribution in [1.82, 2.24) is 10.2 Å². The summed E-state index contributed by atoms with van der Waals surface area (Å²) < 4.78 is 18.6. The Morgan fingerprint density at radius 1 is 1.13 bits per heavy atom. The Balaban J connectivity index is 1.39. The molecule has 1 N–H and O–H groups in total. The van der Waals surface area contributed by atoms with Gasteiger partial charge in [0.15, 0.2) is 0 Å². The molecule has 2 aliphatic heterocycles. The molecule has 0 bridgehead atoms. The van der Waals surface area contributed by atoms with Crippen LogP contribution in [0.2, 0.25) is 0 Å². The minimum absolute atomic E-state index is 0.180. The van der Waals surface area contributed by atoms with Crippen LogP contribution in [0.1, 0.15) is 25.0 Å². The van der Waals surface area contributed by atoms with Crippen molar-refractivity contribution in [2.24, 2.45) is 0 Å². The fraction of sp³-hybridized carbons (Fsp3) is 0.348. The Labute approximate surface area is 184 Å². The molecule has 2 fully saturated rings. The van der Waals surface area contributed by atoms with E-state index in [1.54, 1.807) is 18.2 Å². The number of hydrogen-bond acceptors (Lipinski definition) is 5. The molecule has 0 aromatic heterocycles. The van der Waals surface area contributed by atoms with Gasteiger partial charge in [0.1, 0.15) is 29.9 Å². The molecule has 6 nitrogen and oxygen atoms in total. The lowest BCUT2D eigenvalue weighted by Crippen LogP contribution is -2.70. The minimum Gasteiger partial charge on any atom is -0.459 e. The van der Waals surface area contributed by atoms with Crippen LogP contribution in [0.15, 0.2) is 54.6 Å². The van der Waals surface area contributed by atoms with Gasteiger partial charge >= 0.3 is 5.97 Å². The van der Waals surface area contributed by atoms with E-state index in [4.69, 9.17) is 4.74 Å². The van der Waals surface area contributed by atoms with E-state index in [9.17, 15) is 18.8 Å². The van der Waals surface area contributed by atoms with Crippen molar-refractivity contribution < 1.29 is 23.5 Å². The molecule has 4 rings (SSSR count). The smallest absolute Gasteiger partial charge is 0.330 e. The molecule has 2 aromatic carbocycles. The van der Waals surface area contributed by atoms with Crippen LogP contribution in [0.25, 0.3) is 0 Å². The third kappa shape index (κ3) is 4.17. The van der Waals surface area contributed by atoms with Crippen molar-refractivity contribution in [3.8, 4) is 0 Å². The molecule has 0 radical (unpaired) electrons. The van der Waals surface area contributed by atoms with Gasteiger partial charge in [0, 0.05) is 10.3 Å². The summed E-state index contributed by atoms with van der Waals surface area (Å²) in [7, 11) is 0. The van der Waals surface area contributed by atoms with E-state index in [1.807, 2.05) is 44.2 Å². The normalized spacial score (nSPS) is 23.6. The van der Waals surface area contributed by atoms with E-state index in [2.05, 4.69) is 5.32 Å². The summed E-state index contributed by atoms with van der Waals surface area (Å²) in [5, 5.41) is 2.46. The van der Waals surface area contributed by atoms with E-state index in [1.165, 1.54) is 22.7 Å². The number of rotatable bonds is 6. The lowest BCUT2D eigenvalue weighted by molar-refractivity contribution is -0.165. The molecular weight excluding hydrogens is 419 g/mol. The Kier molecular flexibility index (Phi) is 5.75. The fourth-order valence-electron chi connectivity index (χ4n) is 3.98. The summed E-state index contributed by atoms with van der Waals surface area (Å²) in [6, 6.07) is 13.9. The van der Waals surface area contributed by atoms with Crippen molar-refractivity contribution in [2.75, 3.05) is 0 Å². The zero-order valence-corrected chi connectivity index (χ0v) is 18.0. The molecule has 2 heterocycles. The zero-order valence-electron chi connectivity index (χ0n) is 17.2. The number of carbonyl (C=O) groups excluding carboxylic acids is 3. The third-order valence-electron chi connectivity index (χ3n) is 5.52. The number of thioether (sulfide) groups is 1. The number of carbonyl (C=O) groups is 3. The van der Waals surface area contributed by atoms with Crippen molar-refractivity contribution >= 4 is 29.5 Å². The van der Waals surface area contributed by atoms with Crippen LogP contribution in [0.4, 0.5) is 4.39 Å². The first-order valence-corrected chi connectivity index (χ1v) is 10.9. The first kappa shape index (κ1) is 21.4. The quantitative estimate of drug-likeness (QED) is 0.550. The fourth-order valence-corrected chi connectivity index (χ4v) is 5.60. The van der Waals surface area contributed by atoms with E-state index < -0.39 is 28.6 Å². The largest absolute Gasteiger partial charge is 0.459 e. The zero-order chi connectivity index (χ0) is 22.2. The first-order chi connectivity index (χ1) is 14.8. The molecule has 2 aliphatic rings. The van der Waals surface area contributed by atoms with Crippen LogP contribution in [0.5, 0.6) is 0 Å². The molecule has 0 saturated carbocycles. The van der Waals surface area contributed by atoms with Gasteiger partial charge in [-0.05, 0) is 25.5 Å². The van der Waals surface area contributed by atoms with Crippen LogP contribution in [-0.2, 0) is 32.1 Å². The average Bonchev–Trinajstić information content (AvgIpc) is 3.00. The number of hydrogen-bond donors (Lipinski definition) is 1. The van der Waals surface area contributed by atoms with Crippen molar-refractivity contribution in [2.45, 2.75) is 49.1 Å². The second kappa shape index (κ2) is 8.34. The number of esters is 1. The van der Waals surface area contributed by atoms with E-state index in [0.717, 1.165) is 5.56 Å². The van der Waals surface area contributed by atoms with Gasteiger partial charge in [-0.3, -0.25) is 9.59 Å². The van der Waals surface area contributed by atoms with Gasteiger partial charge in [0.25, 0.3) is 0 Å². The van der Waals surface area contributed by atoms with E-state index in [0.29, 0.717) is 0 Å². The molecule has 0 aliphatic carbocycles. The van der Waals surface area contributed by atoms with Crippen LogP contribution >= 0.6 is 11.8 Å². The van der Waals surface area contributed by atoms with Gasteiger partial charge in [-0.1, -0.05) is 48.5 Å². The van der Waals surface area contributed by atoms with Crippen molar-refractivity contribution in [3.63, 3.8) is 0 Å². The molecule has 0 spiro atoms. The first-order valence-electron chi connectivity index (χ1n) is 10.0. The summed E-state index contributed by atoms with van der Waals surface area (Å²) in [5.74, 6) is -1.58. The van der Waals surface area contributed by atoms with E-state index >= 15 is 0 Å². The van der Waals surface area contributed by atoms with Gasteiger partial charge in [0.2, 0.25) is 11.8 Å². The third-order valence-corrected chi connectivity index (χ3v) is 7.09. The summed E-state index contributed by atoms with van der Waals surface area (Å²) in [5.41, 5.74) is 1.13. The lowest BCUT2D eigenvalue weighted by Gasteiger charge is -2.44. The van der Waals surface area contributed by atoms with Gasteiger partial charge in [0.05, 0.1) is 6.42 Å². The summed E-state index contributed by atoms with van der Waals surface area (Å²) in [6.45, 7) is 3.52. The number of fused-ring (bicyclic) bond motifs is 1. The molecule has 8 heteroatoms. The number of nitrogens with zero attached hydrogens (tertiary/aromatic N) is 1. The number of amides is 2. The van der Waals surface area contributed by atoms with E-state index in [-0.39, 0.29) is 35.8 Å². The lowest BCUT2D eigenvalue weighted by atomic mass is 9.95. The number of nitrogens with one attached hydrogen (secondary N) is 1. The Hall–Kier alpha value is -2.87. The average molecular weight is 443 g/mol. The molecule has 2 aromatic rings. The molecular formula is C23H23FN2O4S. The number of benzene rings is 2. The predicted molar refractivity (Wildman–Crippen MR) is 114 cm³/mol. The van der Waals surface area contributed by atoms with Crippen molar-refractivity contribution in [1.29, 1.82) is 0 Å². The van der Waals surface area contributed by atoms with Crippen LogP contribution in [-0.4, -0.2) is 44.9 Å². The number of β-lactam (4-membered cyclic amide) rings is 1. The topological polar surface area (TPSA) is 75.7 Å². The standard InChI is InChI=1S/C23H23FN2O4S/c1-23(2)19(22(29)30-13-15-10-6-7-11-16(15)24)26-20(28)18(21(26)31-23)25-17(27)12-14-8-4-3-5-9-14/h3-11,18-19,21H,12-13H2,1-2H3,(H,25,27)/t18-,19+,21-/m1/s1. The summed E-state index contributed by atoms with van der Waals surface area (Å²) in [6.07, 6.45) is 0.180. The maximum absolute atomic E-state index is 13.8. The molecule has 2 amide bonds. The highest BCUT2D eigenvalue weighted by Gasteiger charge is 2.64. The maximum atomic E-state index is 13.8. The Bertz CT molecular complexity index is 1010. The highest BCUT2D eigenvalue weighted by molar-refractivity contribution is 8.01. The van der Waals surface area contributed by atoms with Gasteiger partial charge in [-0.15, -0.1) is 11.8 Å². The van der Waals surface area contributed by atoms with Gasteiger partial charge in [-0.25, -0.2) is 9.18 Å². The molecule has 0 unspecified atom stereocenters. The highest BCUT2D eigenvalue weighted by atomic mass is 32.2. The summed E-state index contributed by atoms with van der Waals surface area (Å²) >= 11 is 1.45. The number of halogens is 1. The Morgan fingerprint density at radius 2 is 1.81 bits per heavy atom. The highest BCUT2D eigenvalue weighted by Crippen LogP contribution is 2.51. The van der Waals surface area contributed by atoms with Crippen LogP contribution in [0, 0.1) is 5.82 Å². The Morgan fingerprint density at radius 3 is 2.52 bits per heavy atom. The molecule has 162 valence electrons. The van der Waals surface area contributed by atoms with Gasteiger partial charge in [-0.2, -0.15) is 0 Å². The van der Waals surface area contributed by atoms with Crippen molar-refractivity contribution in [3.05, 3.63) is 71.5 Å². The molecule has 3 atom stereocenters. The predicted octanol–water partition coefficient (Wildman–Crippen LogP) is 2.66. The van der Waals surface area contributed by atoms with Crippen LogP contribution < -0.4 is 5.32 Å². The SMILES string of the molecule is CC1(C)S[C@@H]2[C@H](NC(=O)Cc3ccccc3)C(=O)N2[C@H]1C(=O)OCc1ccccc1F. The minimum atomic E-state index is -0.802. The number of ether oxygens (including phenoxy) is 1. The second-order valence-corrected chi connectivity index (χ2v) is 9.94. The molecule has 31 heavy (non-hydrogen) atoms. The second-order valence-electron chi connectivity index (χ2n) is 8.17. The molecule has 2 saturated heterocycles. The monoisotopic (exact) mass is 442 g/mol. The van der Waals surface area contributed by atoms with Crippen LogP contribution in [0.3, 0.4) is 0 Å². The maximum Gasteiger partial charge on any atom is 0.330 e.